The third-order valence-corrected chi connectivity index (χ3v) is 10.7. The van der Waals surface area contributed by atoms with Crippen LogP contribution >= 0.6 is 0 Å². The molecule has 0 saturated carbocycles. The largest absolute Gasteiger partial charge is 0.455 e. The van der Waals surface area contributed by atoms with Crippen LogP contribution in [0.2, 0.25) is 0 Å². The normalized spacial score (nSPS) is 15.2. The van der Waals surface area contributed by atoms with Gasteiger partial charge in [0.2, 0.25) is 0 Å². The summed E-state index contributed by atoms with van der Waals surface area (Å²) in [7, 11) is 0. The van der Waals surface area contributed by atoms with E-state index < -0.39 is 54.4 Å². The lowest BCUT2D eigenvalue weighted by Gasteiger charge is -2.24. The molecule has 0 spiro atoms. The summed E-state index contributed by atoms with van der Waals surface area (Å²) < 4.78 is 106. The highest BCUT2D eigenvalue weighted by atomic mass is 16.5. The Labute approximate surface area is 322 Å². The molecule has 1 aliphatic carbocycles. The Morgan fingerprint density at radius 1 is 0.358 bits per heavy atom. The van der Waals surface area contributed by atoms with Crippen molar-refractivity contribution in [1.82, 2.24) is 0 Å². The molecule has 0 amide bonds. The Hall–Kier alpha value is -6.96. The fraction of sp³-hybridized carbons (Fsp3) is 0. The van der Waals surface area contributed by atoms with Gasteiger partial charge in [0.25, 0.3) is 0 Å². The van der Waals surface area contributed by atoms with Crippen molar-refractivity contribution in [3.05, 3.63) is 182 Å². The average Bonchev–Trinajstić information content (AvgIpc) is 3.64. The maximum Gasteiger partial charge on any atom is 0.143 e. The molecule has 2 aliphatic rings. The number of hydrogen-bond acceptors (Lipinski definition) is 1. The molecule has 0 aromatic heterocycles. The molecule has 0 unspecified atom stereocenters. The SMILES string of the molecule is [2H]c1c([2H])c([2H])c2c3c(c([2H])c([2H])c2c1[2H])-c1c([2H])c([2H])c([2H])c2c(-c4cccc(-c5c6c(c(-c7ccccc7)c7ccccc57)-c5cccc7cccc-6c57)c4)c([2H])c([2H])c(c12)O3. The van der Waals surface area contributed by atoms with Crippen LogP contribution in [0.3, 0.4) is 0 Å². The molecule has 10 aromatic carbocycles. The first-order chi connectivity index (χ1) is 30.9. The summed E-state index contributed by atoms with van der Waals surface area (Å²) in [6, 6.07) is 33.7. The number of ether oxygens (including phenoxy) is 1. The molecule has 1 nitrogen and oxygen atoms in total. The fourth-order valence-electron chi connectivity index (χ4n) is 8.58. The van der Waals surface area contributed by atoms with Crippen molar-refractivity contribution in [1.29, 1.82) is 0 Å². The van der Waals surface area contributed by atoms with Gasteiger partial charge in [-0.05, 0) is 112 Å². The quantitative estimate of drug-likeness (QED) is 0.180. The van der Waals surface area contributed by atoms with E-state index in [1.165, 1.54) is 0 Å². The van der Waals surface area contributed by atoms with Gasteiger partial charge < -0.3 is 4.74 Å². The smallest absolute Gasteiger partial charge is 0.143 e. The molecule has 10 aromatic rings. The Morgan fingerprint density at radius 2 is 1.02 bits per heavy atom. The molecule has 0 N–H and O–H groups in total. The first kappa shape index (κ1) is 20.2. The summed E-state index contributed by atoms with van der Waals surface area (Å²) in [4.78, 5) is 0. The first-order valence-corrected chi connectivity index (χ1v) is 17.5. The van der Waals surface area contributed by atoms with Crippen molar-refractivity contribution in [3.8, 4) is 78.3 Å². The van der Waals surface area contributed by atoms with Crippen molar-refractivity contribution < 1.29 is 19.8 Å². The van der Waals surface area contributed by atoms with E-state index in [-0.39, 0.29) is 61.8 Å². The lowest BCUT2D eigenvalue weighted by molar-refractivity contribution is 0.493. The van der Waals surface area contributed by atoms with E-state index >= 15 is 0 Å². The van der Waals surface area contributed by atoms with E-state index in [2.05, 4.69) is 60.7 Å². The standard InChI is InChI=1S/C52H30O/c1-2-13-33(14-3-1)47-39-20-6-7-21-40(39)48(51-44-25-10-16-32-15-9-24-43(46(32)44)50(47)51)35-18-8-17-34(30-35)36-28-29-45-49-38(36)22-11-23-41(49)42-27-26-31-12-4-5-19-37(31)52(42)53-45/h1-30H/i4D,5D,11D,12D,19D,22D,23D,26D,27D,28D,29D. The molecule has 12 rings (SSSR count). The van der Waals surface area contributed by atoms with Crippen LogP contribution in [-0.2, 0) is 0 Å². The average molecular weight is 682 g/mol. The number of fused-ring (bicyclic) bond motifs is 8. The van der Waals surface area contributed by atoms with Crippen LogP contribution in [0.1, 0.15) is 15.1 Å². The molecular weight excluding hydrogens is 641 g/mol. The summed E-state index contributed by atoms with van der Waals surface area (Å²) in [6.45, 7) is 0. The van der Waals surface area contributed by atoms with Crippen molar-refractivity contribution in [2.24, 2.45) is 0 Å². The minimum Gasteiger partial charge on any atom is -0.455 e. The summed E-state index contributed by atoms with van der Waals surface area (Å²) >= 11 is 0. The second kappa shape index (κ2) is 10.8. The zero-order valence-corrected chi connectivity index (χ0v) is 27.9. The van der Waals surface area contributed by atoms with Crippen LogP contribution < -0.4 is 4.74 Å². The van der Waals surface area contributed by atoms with Gasteiger partial charge in [0.05, 0.1) is 15.1 Å². The Balaban J connectivity index is 1.18. The maximum atomic E-state index is 9.60. The summed E-state index contributed by atoms with van der Waals surface area (Å²) in [5.41, 5.74) is 8.77. The lowest BCUT2D eigenvalue weighted by atomic mass is 9.82. The Morgan fingerprint density at radius 3 is 1.83 bits per heavy atom. The van der Waals surface area contributed by atoms with Crippen LogP contribution in [-0.4, -0.2) is 0 Å². The van der Waals surface area contributed by atoms with Gasteiger partial charge in [0, 0.05) is 16.3 Å². The van der Waals surface area contributed by atoms with Crippen LogP contribution in [0.25, 0.3) is 110 Å². The number of hydrogen-bond donors (Lipinski definition) is 0. The van der Waals surface area contributed by atoms with E-state index in [0.29, 0.717) is 5.56 Å². The highest BCUT2D eigenvalue weighted by Gasteiger charge is 2.30. The van der Waals surface area contributed by atoms with E-state index in [0.717, 1.165) is 66.1 Å². The maximum absolute atomic E-state index is 9.60. The van der Waals surface area contributed by atoms with Crippen molar-refractivity contribution in [2.45, 2.75) is 0 Å². The summed E-state index contributed by atoms with van der Waals surface area (Å²) in [6.07, 6.45) is 0. The summed E-state index contributed by atoms with van der Waals surface area (Å²) in [5.74, 6) is -0.498. The van der Waals surface area contributed by atoms with Gasteiger partial charge in [-0.1, -0.05) is 164 Å². The van der Waals surface area contributed by atoms with Crippen LogP contribution in [0, 0.1) is 0 Å². The Bertz CT molecular complexity index is 3820. The van der Waals surface area contributed by atoms with Gasteiger partial charge in [-0.3, -0.25) is 0 Å². The van der Waals surface area contributed by atoms with Crippen molar-refractivity contribution >= 4 is 43.1 Å². The van der Waals surface area contributed by atoms with E-state index in [1.807, 2.05) is 48.5 Å². The molecule has 0 saturated heterocycles. The predicted octanol–water partition coefficient (Wildman–Crippen LogP) is 14.7. The van der Waals surface area contributed by atoms with E-state index in [4.69, 9.17) is 13.0 Å². The first-order valence-electron chi connectivity index (χ1n) is 23.0. The van der Waals surface area contributed by atoms with E-state index in [9.17, 15) is 6.85 Å². The highest BCUT2D eigenvalue weighted by Crippen LogP contribution is 2.58. The monoisotopic (exact) mass is 681 g/mol. The van der Waals surface area contributed by atoms with Crippen LogP contribution in [0.5, 0.6) is 11.5 Å². The zero-order chi connectivity index (χ0) is 44.2. The fourth-order valence-corrected chi connectivity index (χ4v) is 8.58. The Kier molecular flexibility index (Phi) is 4.10. The molecular formula is C52H30O. The van der Waals surface area contributed by atoms with Crippen molar-refractivity contribution in [3.63, 3.8) is 0 Å². The molecule has 1 heterocycles. The van der Waals surface area contributed by atoms with Gasteiger partial charge in [-0.25, -0.2) is 0 Å². The second-order valence-corrected chi connectivity index (χ2v) is 13.5. The lowest BCUT2D eigenvalue weighted by Crippen LogP contribution is -1.99. The van der Waals surface area contributed by atoms with Gasteiger partial charge in [0.1, 0.15) is 11.5 Å². The molecule has 244 valence electrons. The topological polar surface area (TPSA) is 9.23 Å². The molecule has 0 atom stereocenters. The third-order valence-electron chi connectivity index (χ3n) is 10.7. The predicted molar refractivity (Wildman–Crippen MR) is 223 cm³/mol. The second-order valence-electron chi connectivity index (χ2n) is 13.5. The van der Waals surface area contributed by atoms with Gasteiger partial charge in [-0.15, -0.1) is 0 Å². The number of rotatable bonds is 3. The highest BCUT2D eigenvalue weighted by molar-refractivity contribution is 6.27. The van der Waals surface area contributed by atoms with Crippen molar-refractivity contribution in [2.75, 3.05) is 0 Å². The van der Waals surface area contributed by atoms with E-state index in [1.54, 1.807) is 6.07 Å². The molecule has 53 heavy (non-hydrogen) atoms. The number of benzene rings is 10. The van der Waals surface area contributed by atoms with Crippen LogP contribution in [0.4, 0.5) is 0 Å². The minimum atomic E-state index is -0.596. The molecule has 0 fully saturated rings. The molecule has 1 heteroatoms. The molecule has 0 bridgehead atoms. The van der Waals surface area contributed by atoms with Gasteiger partial charge in [-0.2, -0.15) is 0 Å². The molecule has 1 aliphatic heterocycles. The van der Waals surface area contributed by atoms with Gasteiger partial charge >= 0.3 is 0 Å². The molecule has 0 radical (unpaired) electrons. The summed E-state index contributed by atoms with van der Waals surface area (Å²) in [5, 5.41) is 3.97. The van der Waals surface area contributed by atoms with Gasteiger partial charge in [0.15, 0.2) is 0 Å². The third kappa shape index (κ3) is 3.97. The zero-order valence-electron chi connectivity index (χ0n) is 38.9. The minimum absolute atomic E-state index is 0.0497. The van der Waals surface area contributed by atoms with Crippen LogP contribution in [0.15, 0.2) is 182 Å².